The van der Waals surface area contributed by atoms with Crippen LogP contribution in [0.4, 0.5) is 18.9 Å². The summed E-state index contributed by atoms with van der Waals surface area (Å²) in [5.74, 6) is 0.539. The van der Waals surface area contributed by atoms with E-state index < -0.39 is 11.7 Å². The van der Waals surface area contributed by atoms with E-state index in [1.165, 1.54) is 6.07 Å². The molecule has 1 aromatic rings. The second kappa shape index (κ2) is 9.46. The highest BCUT2D eigenvalue weighted by Gasteiger charge is 2.31. The van der Waals surface area contributed by atoms with E-state index in [9.17, 15) is 13.2 Å². The number of alkyl halides is 3. The topological polar surface area (TPSA) is 42.9 Å². The number of likely N-dealkylation sites (N-methyl/N-ethyl adjacent to an activating group) is 1. The molecule has 1 saturated heterocycles. The fraction of sp³-hybridized carbons (Fsp3) is 0.562. The minimum absolute atomic E-state index is 0. The standard InChI is InChI=1S/C16H24F3N5.HI/c1-20-15(21-2)22-11-12-10-13(16(17,18)19)4-5-14(12)24-8-6-23(3)7-9-24;/h4-5,10H,6-9,11H2,1-3H3,(H2,20,21,22);1H. The molecule has 0 amide bonds. The molecule has 0 spiro atoms. The van der Waals surface area contributed by atoms with E-state index in [-0.39, 0.29) is 30.5 Å². The highest BCUT2D eigenvalue weighted by Crippen LogP contribution is 2.33. The molecule has 2 rings (SSSR count). The number of rotatable bonds is 3. The SMILES string of the molecule is CN=C(NC)NCc1cc(C(F)(F)F)ccc1N1CCN(C)CC1.I. The molecule has 1 heterocycles. The maximum Gasteiger partial charge on any atom is 0.416 e. The van der Waals surface area contributed by atoms with E-state index in [1.54, 1.807) is 20.2 Å². The first kappa shape index (κ1) is 21.8. The van der Waals surface area contributed by atoms with Crippen LogP contribution in [0, 0.1) is 0 Å². The molecule has 5 nitrogen and oxygen atoms in total. The number of piperazine rings is 1. The molecule has 1 aliphatic heterocycles. The largest absolute Gasteiger partial charge is 0.416 e. The summed E-state index contributed by atoms with van der Waals surface area (Å²) in [7, 11) is 5.37. The maximum absolute atomic E-state index is 13.0. The minimum atomic E-state index is -4.35. The van der Waals surface area contributed by atoms with Crippen LogP contribution in [0.25, 0.3) is 0 Å². The summed E-state index contributed by atoms with van der Waals surface area (Å²) in [5, 5.41) is 5.90. The Bertz CT molecular complexity index is 584. The number of guanidine groups is 1. The highest BCUT2D eigenvalue weighted by molar-refractivity contribution is 14.0. The van der Waals surface area contributed by atoms with Crippen LogP contribution < -0.4 is 15.5 Å². The molecule has 0 aliphatic carbocycles. The molecule has 2 N–H and O–H groups in total. The molecule has 0 aromatic heterocycles. The Balaban J connectivity index is 0.00000312. The van der Waals surface area contributed by atoms with Gasteiger partial charge in [0.1, 0.15) is 0 Å². The Morgan fingerprint density at radius 1 is 1.20 bits per heavy atom. The van der Waals surface area contributed by atoms with Crippen LogP contribution in [0.5, 0.6) is 0 Å². The van der Waals surface area contributed by atoms with Crippen molar-refractivity contribution in [1.82, 2.24) is 15.5 Å². The van der Waals surface area contributed by atoms with Crippen molar-refractivity contribution in [3.63, 3.8) is 0 Å². The van der Waals surface area contributed by atoms with Crippen LogP contribution in [0.3, 0.4) is 0 Å². The summed E-state index contributed by atoms with van der Waals surface area (Å²) in [6.45, 7) is 3.67. The van der Waals surface area contributed by atoms with Crippen molar-refractivity contribution in [3.8, 4) is 0 Å². The zero-order valence-electron chi connectivity index (χ0n) is 14.7. The molecule has 25 heavy (non-hydrogen) atoms. The first-order valence-corrected chi connectivity index (χ1v) is 7.87. The van der Waals surface area contributed by atoms with Crippen LogP contribution >= 0.6 is 24.0 Å². The number of anilines is 1. The predicted molar refractivity (Wildman–Crippen MR) is 106 cm³/mol. The van der Waals surface area contributed by atoms with E-state index in [1.807, 2.05) is 7.05 Å². The van der Waals surface area contributed by atoms with Gasteiger partial charge in [-0.2, -0.15) is 13.2 Å². The summed E-state index contributed by atoms with van der Waals surface area (Å²) < 4.78 is 39.1. The number of hydrogen-bond acceptors (Lipinski definition) is 3. The molecule has 0 atom stereocenters. The van der Waals surface area contributed by atoms with Crippen molar-refractivity contribution in [2.45, 2.75) is 12.7 Å². The van der Waals surface area contributed by atoms with Crippen LogP contribution in [-0.2, 0) is 12.7 Å². The molecular weight excluding hydrogens is 446 g/mol. The Morgan fingerprint density at radius 3 is 2.36 bits per heavy atom. The third kappa shape index (κ3) is 5.91. The lowest BCUT2D eigenvalue weighted by Crippen LogP contribution is -2.45. The number of aliphatic imine (C=N–C) groups is 1. The van der Waals surface area contributed by atoms with Crippen LogP contribution in [0.15, 0.2) is 23.2 Å². The van der Waals surface area contributed by atoms with Crippen molar-refractivity contribution in [2.24, 2.45) is 4.99 Å². The Hall–Kier alpha value is -1.23. The molecule has 0 saturated carbocycles. The van der Waals surface area contributed by atoms with Gasteiger partial charge in [0.05, 0.1) is 5.56 Å². The first-order valence-electron chi connectivity index (χ1n) is 7.87. The summed E-state index contributed by atoms with van der Waals surface area (Å²) in [4.78, 5) is 8.34. The van der Waals surface area contributed by atoms with Gasteiger partial charge in [-0.1, -0.05) is 0 Å². The van der Waals surface area contributed by atoms with E-state index in [2.05, 4.69) is 25.4 Å². The Labute approximate surface area is 163 Å². The van der Waals surface area contributed by atoms with Gasteiger partial charge in [-0.25, -0.2) is 0 Å². The molecule has 0 radical (unpaired) electrons. The van der Waals surface area contributed by atoms with Crippen LogP contribution in [0.2, 0.25) is 0 Å². The zero-order chi connectivity index (χ0) is 17.7. The number of nitrogens with one attached hydrogen (secondary N) is 2. The number of benzene rings is 1. The van der Waals surface area contributed by atoms with Gasteiger partial charge in [0.15, 0.2) is 5.96 Å². The van der Waals surface area contributed by atoms with Crippen molar-refractivity contribution in [1.29, 1.82) is 0 Å². The van der Waals surface area contributed by atoms with Crippen molar-refractivity contribution in [2.75, 3.05) is 52.2 Å². The quantitative estimate of drug-likeness (QED) is 0.404. The lowest BCUT2D eigenvalue weighted by Gasteiger charge is -2.35. The van der Waals surface area contributed by atoms with Gasteiger partial charge in [0.2, 0.25) is 0 Å². The second-order valence-electron chi connectivity index (χ2n) is 5.81. The van der Waals surface area contributed by atoms with Gasteiger partial charge in [0.25, 0.3) is 0 Å². The van der Waals surface area contributed by atoms with Crippen molar-refractivity contribution < 1.29 is 13.2 Å². The molecule has 1 aromatic carbocycles. The lowest BCUT2D eigenvalue weighted by atomic mass is 10.1. The molecule has 0 unspecified atom stereocenters. The van der Waals surface area contributed by atoms with Crippen LogP contribution in [-0.4, -0.2) is 58.2 Å². The fourth-order valence-electron chi connectivity index (χ4n) is 2.72. The van der Waals surface area contributed by atoms with Gasteiger partial charge in [-0.15, -0.1) is 24.0 Å². The van der Waals surface area contributed by atoms with Gasteiger partial charge in [-0.3, -0.25) is 4.99 Å². The molecule has 0 bridgehead atoms. The third-order valence-corrected chi connectivity index (χ3v) is 4.16. The van der Waals surface area contributed by atoms with Crippen LogP contribution in [0.1, 0.15) is 11.1 Å². The second-order valence-corrected chi connectivity index (χ2v) is 5.81. The first-order chi connectivity index (χ1) is 11.3. The van der Waals surface area contributed by atoms with E-state index in [4.69, 9.17) is 0 Å². The average molecular weight is 471 g/mol. The molecule has 1 aliphatic rings. The third-order valence-electron chi connectivity index (χ3n) is 4.16. The van der Waals surface area contributed by atoms with Crippen molar-refractivity contribution >= 4 is 35.6 Å². The zero-order valence-corrected chi connectivity index (χ0v) is 17.0. The smallest absolute Gasteiger partial charge is 0.369 e. The monoisotopic (exact) mass is 471 g/mol. The van der Waals surface area contributed by atoms with E-state index in [0.29, 0.717) is 11.5 Å². The average Bonchev–Trinajstić information content (AvgIpc) is 2.55. The summed E-state index contributed by atoms with van der Waals surface area (Å²) in [6.07, 6.45) is -4.35. The molecule has 142 valence electrons. The number of hydrogen-bond donors (Lipinski definition) is 2. The lowest BCUT2D eigenvalue weighted by molar-refractivity contribution is -0.137. The van der Waals surface area contributed by atoms with Gasteiger partial charge in [0, 0.05) is 52.5 Å². The van der Waals surface area contributed by atoms with E-state index in [0.717, 1.165) is 37.9 Å². The van der Waals surface area contributed by atoms with E-state index >= 15 is 0 Å². The highest BCUT2D eigenvalue weighted by atomic mass is 127. The number of halogens is 4. The predicted octanol–water partition coefficient (Wildman–Crippen LogP) is 2.37. The summed E-state index contributed by atoms with van der Waals surface area (Å²) in [5.41, 5.74) is 0.831. The van der Waals surface area contributed by atoms with Gasteiger partial charge in [-0.05, 0) is 30.8 Å². The van der Waals surface area contributed by atoms with Gasteiger partial charge >= 0.3 is 6.18 Å². The fourth-order valence-corrected chi connectivity index (χ4v) is 2.72. The molecular formula is C16H25F3IN5. The van der Waals surface area contributed by atoms with Crippen molar-refractivity contribution in [3.05, 3.63) is 29.3 Å². The van der Waals surface area contributed by atoms with Gasteiger partial charge < -0.3 is 20.4 Å². The Morgan fingerprint density at radius 2 is 1.84 bits per heavy atom. The number of nitrogens with zero attached hydrogens (tertiary/aromatic N) is 3. The maximum atomic E-state index is 13.0. The molecule has 1 fully saturated rings. The normalized spacial score (nSPS) is 16.4. The Kier molecular flexibility index (Phi) is 8.26. The summed E-state index contributed by atoms with van der Waals surface area (Å²) in [6, 6.07) is 3.96. The molecule has 9 heteroatoms. The minimum Gasteiger partial charge on any atom is -0.369 e. The summed E-state index contributed by atoms with van der Waals surface area (Å²) >= 11 is 0.